The number of rotatable bonds is 4. The minimum Gasteiger partial charge on any atom is -1.00 e. The lowest BCUT2D eigenvalue weighted by Crippen LogP contribution is -3.00. The molecule has 1 aliphatic rings. The van der Waals surface area contributed by atoms with Gasteiger partial charge in [-0.25, -0.2) is 4.98 Å². The molecule has 0 amide bonds. The van der Waals surface area contributed by atoms with E-state index < -0.39 is 0 Å². The first kappa shape index (κ1) is 14.9. The fourth-order valence-electron chi connectivity index (χ4n) is 2.38. The van der Waals surface area contributed by atoms with Gasteiger partial charge in [0, 0.05) is 24.4 Å². The molecule has 0 unspecified atom stereocenters. The average Bonchev–Trinajstić information content (AvgIpc) is 2.89. The maximum atomic E-state index is 5.62. The zero-order valence-electron chi connectivity index (χ0n) is 11.6. The molecule has 2 aromatic heterocycles. The first-order valence-corrected chi connectivity index (χ1v) is 6.89. The van der Waals surface area contributed by atoms with Crippen molar-refractivity contribution in [1.82, 2.24) is 15.3 Å². The third-order valence-electron chi connectivity index (χ3n) is 3.36. The number of halogens is 1. The molecule has 0 atom stereocenters. The van der Waals surface area contributed by atoms with Crippen molar-refractivity contribution in [2.75, 3.05) is 19.7 Å². The molecule has 2 N–H and O–H groups in total. The van der Waals surface area contributed by atoms with Gasteiger partial charge in [-0.1, -0.05) is 13.0 Å². The van der Waals surface area contributed by atoms with Gasteiger partial charge in [0.1, 0.15) is 0 Å². The fraction of sp³-hybridized carbons (Fsp3) is 0.400. The molecule has 108 valence electrons. The fourth-order valence-corrected chi connectivity index (χ4v) is 2.38. The zero-order chi connectivity index (χ0) is 13.1. The second kappa shape index (κ2) is 6.77. The molecular formula is C15H19ClN3O-. The molecule has 0 bridgehead atoms. The van der Waals surface area contributed by atoms with Crippen LogP contribution in [0.5, 0.6) is 5.88 Å². The number of nitrogens with zero attached hydrogens (tertiary/aromatic N) is 1. The van der Waals surface area contributed by atoms with Gasteiger partial charge < -0.3 is 27.4 Å². The molecule has 5 heteroatoms. The van der Waals surface area contributed by atoms with E-state index in [-0.39, 0.29) is 12.4 Å². The summed E-state index contributed by atoms with van der Waals surface area (Å²) in [4.78, 5) is 7.92. The first-order valence-electron chi connectivity index (χ1n) is 6.89. The standard InChI is InChI=1S/C15H19N3O.ClH/c1-2-9-19-14-4-3-13-15(18-14)12(10-17-13)11-5-7-16-8-6-11;/h3-5,10,16-17H,2,6-9H2,1H3;1H/p-1. The van der Waals surface area contributed by atoms with Gasteiger partial charge in [-0.2, -0.15) is 0 Å². The van der Waals surface area contributed by atoms with Crippen molar-refractivity contribution in [2.24, 2.45) is 0 Å². The molecule has 0 saturated carbocycles. The van der Waals surface area contributed by atoms with Gasteiger partial charge in [0.15, 0.2) is 0 Å². The van der Waals surface area contributed by atoms with Gasteiger partial charge in [-0.3, -0.25) is 0 Å². The summed E-state index contributed by atoms with van der Waals surface area (Å²) in [5, 5.41) is 3.33. The van der Waals surface area contributed by atoms with Crippen molar-refractivity contribution in [3.8, 4) is 5.88 Å². The van der Waals surface area contributed by atoms with Crippen LogP contribution in [-0.4, -0.2) is 29.7 Å². The van der Waals surface area contributed by atoms with E-state index in [2.05, 4.69) is 34.5 Å². The summed E-state index contributed by atoms with van der Waals surface area (Å²) in [6, 6.07) is 3.97. The molecule has 0 saturated heterocycles. The molecule has 4 nitrogen and oxygen atoms in total. The van der Waals surface area contributed by atoms with Crippen LogP contribution in [0.4, 0.5) is 0 Å². The van der Waals surface area contributed by atoms with Crippen LogP contribution < -0.4 is 22.5 Å². The van der Waals surface area contributed by atoms with Crippen LogP contribution in [0.3, 0.4) is 0 Å². The van der Waals surface area contributed by atoms with Gasteiger partial charge in [0.05, 0.1) is 17.6 Å². The van der Waals surface area contributed by atoms with Crippen LogP contribution in [0.2, 0.25) is 0 Å². The highest BCUT2D eigenvalue weighted by Crippen LogP contribution is 2.28. The van der Waals surface area contributed by atoms with Crippen molar-refractivity contribution in [3.05, 3.63) is 30.0 Å². The number of aromatic nitrogens is 2. The van der Waals surface area contributed by atoms with E-state index >= 15 is 0 Å². The molecule has 3 rings (SSSR count). The summed E-state index contributed by atoms with van der Waals surface area (Å²) in [5.41, 5.74) is 4.66. The third kappa shape index (κ3) is 2.97. The van der Waals surface area contributed by atoms with Crippen molar-refractivity contribution >= 4 is 16.6 Å². The number of ether oxygens (including phenoxy) is 1. The molecule has 0 spiro atoms. The van der Waals surface area contributed by atoms with Crippen molar-refractivity contribution in [1.29, 1.82) is 0 Å². The Balaban J connectivity index is 0.00000147. The summed E-state index contributed by atoms with van der Waals surface area (Å²) >= 11 is 0. The largest absolute Gasteiger partial charge is 1.00 e. The van der Waals surface area contributed by atoms with Crippen LogP contribution in [0.25, 0.3) is 16.6 Å². The average molecular weight is 293 g/mol. The quantitative estimate of drug-likeness (QED) is 0.816. The number of aromatic amines is 1. The summed E-state index contributed by atoms with van der Waals surface area (Å²) < 4.78 is 5.62. The van der Waals surface area contributed by atoms with E-state index in [4.69, 9.17) is 4.74 Å². The van der Waals surface area contributed by atoms with Gasteiger partial charge >= 0.3 is 0 Å². The predicted molar refractivity (Wildman–Crippen MR) is 77.3 cm³/mol. The summed E-state index contributed by atoms with van der Waals surface area (Å²) in [6.07, 6.45) is 6.34. The Hall–Kier alpha value is -1.52. The molecule has 0 radical (unpaired) electrons. The summed E-state index contributed by atoms with van der Waals surface area (Å²) in [6.45, 7) is 4.78. The van der Waals surface area contributed by atoms with Crippen molar-refractivity contribution in [2.45, 2.75) is 19.8 Å². The number of hydrogen-bond acceptors (Lipinski definition) is 3. The lowest BCUT2D eigenvalue weighted by molar-refractivity contribution is -0.00000456. The monoisotopic (exact) mass is 292 g/mol. The Morgan fingerprint density at radius 3 is 3.00 bits per heavy atom. The Morgan fingerprint density at radius 1 is 1.35 bits per heavy atom. The normalized spacial score (nSPS) is 14.8. The minimum absolute atomic E-state index is 0. The van der Waals surface area contributed by atoms with E-state index in [1.807, 2.05) is 12.1 Å². The number of pyridine rings is 1. The molecule has 0 aliphatic carbocycles. The van der Waals surface area contributed by atoms with Crippen LogP contribution >= 0.6 is 0 Å². The molecule has 1 aliphatic heterocycles. The first-order chi connectivity index (χ1) is 9.38. The molecular weight excluding hydrogens is 274 g/mol. The van der Waals surface area contributed by atoms with E-state index in [1.54, 1.807) is 0 Å². The highest BCUT2D eigenvalue weighted by atomic mass is 35.5. The lowest BCUT2D eigenvalue weighted by Gasteiger charge is -2.13. The highest BCUT2D eigenvalue weighted by Gasteiger charge is 2.12. The maximum Gasteiger partial charge on any atom is 0.213 e. The second-order valence-electron chi connectivity index (χ2n) is 4.78. The Labute approximate surface area is 125 Å². The maximum absolute atomic E-state index is 5.62. The molecule has 2 aromatic rings. The minimum atomic E-state index is 0. The third-order valence-corrected chi connectivity index (χ3v) is 3.36. The SMILES string of the molecule is CCCOc1ccc2[nH]cc(C3=CCNCC3)c2n1.[Cl-]. The summed E-state index contributed by atoms with van der Waals surface area (Å²) in [5.74, 6) is 0.713. The number of H-pyrrole nitrogens is 1. The Morgan fingerprint density at radius 2 is 2.25 bits per heavy atom. The molecule has 0 aromatic carbocycles. The molecule has 0 fully saturated rings. The molecule has 3 heterocycles. The summed E-state index contributed by atoms with van der Waals surface area (Å²) in [7, 11) is 0. The highest BCUT2D eigenvalue weighted by molar-refractivity contribution is 5.90. The Kier molecular flexibility index (Phi) is 5.04. The van der Waals surface area contributed by atoms with Crippen LogP contribution in [0.1, 0.15) is 25.3 Å². The van der Waals surface area contributed by atoms with Crippen molar-refractivity contribution < 1.29 is 17.1 Å². The zero-order valence-corrected chi connectivity index (χ0v) is 12.3. The number of fused-ring (bicyclic) bond motifs is 1. The van der Waals surface area contributed by atoms with Gasteiger partial charge in [-0.15, -0.1) is 0 Å². The topological polar surface area (TPSA) is 49.9 Å². The lowest BCUT2D eigenvalue weighted by atomic mass is 10.0. The number of hydrogen-bond donors (Lipinski definition) is 2. The predicted octanol–water partition coefficient (Wildman–Crippen LogP) is -0.268. The van der Waals surface area contributed by atoms with Crippen LogP contribution in [-0.2, 0) is 0 Å². The van der Waals surface area contributed by atoms with Gasteiger partial charge in [0.2, 0.25) is 5.88 Å². The number of nitrogens with one attached hydrogen (secondary N) is 2. The van der Waals surface area contributed by atoms with E-state index in [0.29, 0.717) is 12.5 Å². The van der Waals surface area contributed by atoms with Gasteiger partial charge in [0.25, 0.3) is 0 Å². The van der Waals surface area contributed by atoms with Crippen molar-refractivity contribution in [3.63, 3.8) is 0 Å². The second-order valence-corrected chi connectivity index (χ2v) is 4.78. The van der Waals surface area contributed by atoms with Gasteiger partial charge in [-0.05, 0) is 31.0 Å². The Bertz CT molecular complexity index is 606. The smallest absolute Gasteiger partial charge is 0.213 e. The molecule has 20 heavy (non-hydrogen) atoms. The van der Waals surface area contributed by atoms with E-state index in [9.17, 15) is 0 Å². The van der Waals surface area contributed by atoms with E-state index in [1.165, 1.54) is 11.1 Å². The van der Waals surface area contributed by atoms with Crippen LogP contribution in [0, 0.1) is 0 Å². The van der Waals surface area contributed by atoms with Crippen LogP contribution in [0.15, 0.2) is 24.4 Å². The van der Waals surface area contributed by atoms with E-state index in [0.717, 1.165) is 37.0 Å².